The normalized spacial score (nSPS) is 24.2. The summed E-state index contributed by atoms with van der Waals surface area (Å²) >= 11 is 0. The SMILES string of the molecule is COc1ccc(CNC(=O)CN2C(=O)N[C@@]3(CCCC[C@H]3C)C2=O)cc1OC. The number of benzene rings is 1. The van der Waals surface area contributed by atoms with Gasteiger partial charge in [0.25, 0.3) is 5.91 Å². The maximum absolute atomic E-state index is 12.9. The number of imide groups is 1. The summed E-state index contributed by atoms with van der Waals surface area (Å²) in [5.74, 6) is 0.558. The van der Waals surface area contributed by atoms with Gasteiger partial charge in [-0.25, -0.2) is 4.79 Å². The van der Waals surface area contributed by atoms with Crippen molar-refractivity contribution in [1.82, 2.24) is 15.5 Å². The highest BCUT2D eigenvalue weighted by atomic mass is 16.5. The van der Waals surface area contributed by atoms with Crippen molar-refractivity contribution in [2.45, 2.75) is 44.7 Å². The molecule has 8 heteroatoms. The summed E-state index contributed by atoms with van der Waals surface area (Å²) < 4.78 is 10.4. The lowest BCUT2D eigenvalue weighted by molar-refractivity contribution is -0.137. The monoisotopic (exact) mass is 389 g/mol. The summed E-state index contributed by atoms with van der Waals surface area (Å²) in [6.07, 6.45) is 3.47. The van der Waals surface area contributed by atoms with E-state index in [1.165, 1.54) is 0 Å². The molecule has 1 heterocycles. The zero-order valence-corrected chi connectivity index (χ0v) is 16.5. The van der Waals surface area contributed by atoms with E-state index in [1.807, 2.05) is 13.0 Å². The van der Waals surface area contributed by atoms with Crippen LogP contribution in [0, 0.1) is 5.92 Å². The van der Waals surface area contributed by atoms with Crippen LogP contribution in [0.25, 0.3) is 0 Å². The fourth-order valence-corrected chi connectivity index (χ4v) is 4.03. The number of nitrogens with zero attached hydrogens (tertiary/aromatic N) is 1. The van der Waals surface area contributed by atoms with E-state index < -0.39 is 17.5 Å². The number of hydrogen-bond acceptors (Lipinski definition) is 5. The molecule has 4 amide bonds. The molecule has 8 nitrogen and oxygen atoms in total. The number of carbonyl (C=O) groups excluding carboxylic acids is 3. The van der Waals surface area contributed by atoms with Gasteiger partial charge in [0.1, 0.15) is 12.1 Å². The third-order valence-electron chi connectivity index (χ3n) is 5.74. The van der Waals surface area contributed by atoms with Crippen LogP contribution in [-0.2, 0) is 16.1 Å². The van der Waals surface area contributed by atoms with E-state index in [2.05, 4.69) is 10.6 Å². The number of rotatable bonds is 6. The molecule has 2 fully saturated rings. The van der Waals surface area contributed by atoms with Crippen molar-refractivity contribution in [2.75, 3.05) is 20.8 Å². The number of urea groups is 1. The van der Waals surface area contributed by atoms with Crippen molar-refractivity contribution in [3.63, 3.8) is 0 Å². The lowest BCUT2D eigenvalue weighted by Crippen LogP contribution is -2.54. The molecular weight excluding hydrogens is 362 g/mol. The molecule has 2 aliphatic rings. The summed E-state index contributed by atoms with van der Waals surface area (Å²) in [5.41, 5.74) is -0.0283. The molecule has 2 atom stereocenters. The number of ether oxygens (including phenoxy) is 2. The van der Waals surface area contributed by atoms with Crippen LogP contribution >= 0.6 is 0 Å². The highest BCUT2D eigenvalue weighted by molar-refractivity contribution is 6.09. The molecule has 0 unspecified atom stereocenters. The molecule has 0 bridgehead atoms. The van der Waals surface area contributed by atoms with Crippen LogP contribution in [0.3, 0.4) is 0 Å². The van der Waals surface area contributed by atoms with Crippen molar-refractivity contribution in [3.05, 3.63) is 23.8 Å². The number of hydrogen-bond donors (Lipinski definition) is 2. The van der Waals surface area contributed by atoms with E-state index in [9.17, 15) is 14.4 Å². The third kappa shape index (κ3) is 3.63. The van der Waals surface area contributed by atoms with Gasteiger partial charge in [-0.3, -0.25) is 14.5 Å². The number of nitrogens with one attached hydrogen (secondary N) is 2. The summed E-state index contributed by atoms with van der Waals surface area (Å²) in [4.78, 5) is 38.6. The van der Waals surface area contributed by atoms with Crippen LogP contribution < -0.4 is 20.1 Å². The van der Waals surface area contributed by atoms with Gasteiger partial charge in [0.05, 0.1) is 14.2 Å². The Labute approximate surface area is 164 Å². The van der Waals surface area contributed by atoms with E-state index in [-0.39, 0.29) is 24.9 Å². The summed E-state index contributed by atoms with van der Waals surface area (Å²) in [7, 11) is 3.09. The summed E-state index contributed by atoms with van der Waals surface area (Å²) in [5, 5.41) is 5.60. The standard InChI is InChI=1S/C20H27N3O5/c1-13-6-4-5-9-20(13)18(25)23(19(26)22-20)12-17(24)21-11-14-7-8-15(27-2)16(10-14)28-3/h7-8,10,13H,4-6,9,11-12H2,1-3H3,(H,21,24)(H,22,26)/t13-,20-/m1/s1. The zero-order chi connectivity index (χ0) is 20.3. The van der Waals surface area contributed by atoms with Crippen LogP contribution in [0.2, 0.25) is 0 Å². The number of amides is 4. The topological polar surface area (TPSA) is 97.0 Å². The molecule has 1 saturated heterocycles. The van der Waals surface area contributed by atoms with Crippen molar-refractivity contribution >= 4 is 17.8 Å². The average molecular weight is 389 g/mol. The van der Waals surface area contributed by atoms with E-state index in [0.29, 0.717) is 17.9 Å². The summed E-state index contributed by atoms with van der Waals surface area (Å²) in [6.45, 7) is 1.95. The van der Waals surface area contributed by atoms with Gasteiger partial charge >= 0.3 is 6.03 Å². The molecular formula is C20H27N3O5. The van der Waals surface area contributed by atoms with E-state index in [4.69, 9.17) is 9.47 Å². The average Bonchev–Trinajstić information content (AvgIpc) is 2.93. The first kappa shape index (κ1) is 20.0. The molecule has 1 aliphatic carbocycles. The molecule has 0 aromatic heterocycles. The van der Waals surface area contributed by atoms with Gasteiger partial charge in [0.2, 0.25) is 5.91 Å². The Balaban J connectivity index is 1.60. The van der Waals surface area contributed by atoms with Crippen LogP contribution in [-0.4, -0.2) is 49.0 Å². The highest BCUT2D eigenvalue weighted by Gasteiger charge is 2.55. The van der Waals surface area contributed by atoms with Crippen LogP contribution in [0.4, 0.5) is 4.79 Å². The van der Waals surface area contributed by atoms with Crippen LogP contribution in [0.1, 0.15) is 38.2 Å². The molecule has 3 rings (SSSR count). The molecule has 2 N–H and O–H groups in total. The number of carbonyl (C=O) groups is 3. The molecule has 28 heavy (non-hydrogen) atoms. The van der Waals surface area contributed by atoms with Crippen LogP contribution in [0.5, 0.6) is 11.5 Å². The van der Waals surface area contributed by atoms with E-state index >= 15 is 0 Å². The minimum atomic E-state index is -0.848. The maximum atomic E-state index is 12.9. The quantitative estimate of drug-likeness (QED) is 0.724. The predicted molar refractivity (Wildman–Crippen MR) is 102 cm³/mol. The zero-order valence-electron chi connectivity index (χ0n) is 16.5. The molecule has 1 aromatic rings. The van der Waals surface area contributed by atoms with Gasteiger partial charge in [-0.05, 0) is 36.5 Å². The summed E-state index contributed by atoms with van der Waals surface area (Å²) in [6, 6.07) is 4.85. The second-order valence-corrected chi connectivity index (χ2v) is 7.41. The Bertz CT molecular complexity index is 781. The highest BCUT2D eigenvalue weighted by Crippen LogP contribution is 2.38. The van der Waals surface area contributed by atoms with Gasteiger partial charge in [0.15, 0.2) is 11.5 Å². The van der Waals surface area contributed by atoms with Crippen LogP contribution in [0.15, 0.2) is 18.2 Å². The Morgan fingerprint density at radius 2 is 2.00 bits per heavy atom. The fourth-order valence-electron chi connectivity index (χ4n) is 4.03. The van der Waals surface area contributed by atoms with Gasteiger partial charge in [-0.15, -0.1) is 0 Å². The van der Waals surface area contributed by atoms with Crippen molar-refractivity contribution in [3.8, 4) is 11.5 Å². The smallest absolute Gasteiger partial charge is 0.325 e. The second-order valence-electron chi connectivity index (χ2n) is 7.41. The molecule has 0 radical (unpaired) electrons. The Morgan fingerprint density at radius 1 is 1.25 bits per heavy atom. The van der Waals surface area contributed by atoms with Gasteiger partial charge in [0, 0.05) is 6.54 Å². The molecule has 1 aliphatic heterocycles. The molecule has 1 saturated carbocycles. The van der Waals surface area contributed by atoms with Gasteiger partial charge in [-0.1, -0.05) is 25.8 Å². The first-order chi connectivity index (χ1) is 13.4. The minimum absolute atomic E-state index is 0.0672. The Kier molecular flexibility index (Phi) is 5.76. The van der Waals surface area contributed by atoms with Crippen molar-refractivity contribution < 1.29 is 23.9 Å². The Hall–Kier alpha value is -2.77. The Morgan fingerprint density at radius 3 is 2.68 bits per heavy atom. The lowest BCUT2D eigenvalue weighted by Gasteiger charge is -2.36. The van der Waals surface area contributed by atoms with E-state index in [1.54, 1.807) is 26.4 Å². The van der Waals surface area contributed by atoms with E-state index in [0.717, 1.165) is 29.7 Å². The second kappa shape index (κ2) is 8.08. The largest absolute Gasteiger partial charge is 0.493 e. The molecule has 1 spiro atoms. The van der Waals surface area contributed by atoms with Crippen molar-refractivity contribution in [1.29, 1.82) is 0 Å². The fraction of sp³-hybridized carbons (Fsp3) is 0.550. The van der Waals surface area contributed by atoms with Crippen molar-refractivity contribution in [2.24, 2.45) is 5.92 Å². The maximum Gasteiger partial charge on any atom is 0.325 e. The predicted octanol–water partition coefficient (Wildman–Crippen LogP) is 1.82. The van der Waals surface area contributed by atoms with Gasteiger partial charge < -0.3 is 20.1 Å². The molecule has 1 aromatic carbocycles. The minimum Gasteiger partial charge on any atom is -0.493 e. The third-order valence-corrected chi connectivity index (χ3v) is 5.74. The molecule has 152 valence electrons. The number of methoxy groups -OCH3 is 2. The lowest BCUT2D eigenvalue weighted by atomic mass is 9.73. The first-order valence-corrected chi connectivity index (χ1v) is 9.53. The van der Waals surface area contributed by atoms with Gasteiger partial charge in [-0.2, -0.15) is 0 Å². The first-order valence-electron chi connectivity index (χ1n) is 9.53.